The first kappa shape index (κ1) is 19.0. The highest BCUT2D eigenvalue weighted by Crippen LogP contribution is 2.38. The van der Waals surface area contributed by atoms with E-state index in [9.17, 15) is 0 Å². The summed E-state index contributed by atoms with van der Waals surface area (Å²) in [5, 5.41) is 1.20. The van der Waals surface area contributed by atoms with E-state index in [1.165, 1.54) is 48.7 Å². The average Bonchev–Trinajstić information content (AvgIpc) is 2.84. The molecule has 3 nitrogen and oxygen atoms in total. The number of nitrogens with two attached hydrogens (primary N) is 1. The van der Waals surface area contributed by atoms with Gasteiger partial charge in [0.15, 0.2) is 0 Å². The number of pyridine rings is 2. The molecular formula is C27H27N3. The Morgan fingerprint density at radius 2 is 1.60 bits per heavy atom. The van der Waals surface area contributed by atoms with Crippen LogP contribution in [0.1, 0.15) is 49.3 Å². The molecule has 2 aromatic carbocycles. The van der Waals surface area contributed by atoms with Crippen LogP contribution in [0.2, 0.25) is 0 Å². The zero-order valence-electron chi connectivity index (χ0n) is 17.2. The normalized spacial score (nSPS) is 14.8. The zero-order chi connectivity index (χ0) is 20.3. The van der Waals surface area contributed by atoms with E-state index in [2.05, 4.69) is 60.7 Å². The molecule has 0 atom stereocenters. The molecule has 2 heterocycles. The largest absolute Gasteiger partial charge is 0.326 e. The fourth-order valence-electron chi connectivity index (χ4n) is 4.68. The number of rotatable bonds is 4. The minimum absolute atomic E-state index is 0.544. The van der Waals surface area contributed by atoms with Crippen molar-refractivity contribution in [3.63, 3.8) is 0 Å². The highest BCUT2D eigenvalue weighted by Gasteiger charge is 2.21. The molecule has 1 aliphatic rings. The van der Waals surface area contributed by atoms with Crippen molar-refractivity contribution in [1.82, 2.24) is 9.97 Å². The van der Waals surface area contributed by atoms with Crippen LogP contribution in [0, 0.1) is 0 Å². The van der Waals surface area contributed by atoms with E-state index < -0.39 is 0 Å². The summed E-state index contributed by atoms with van der Waals surface area (Å²) in [4.78, 5) is 10.00. The maximum absolute atomic E-state index is 5.80. The summed E-state index contributed by atoms with van der Waals surface area (Å²) >= 11 is 0. The van der Waals surface area contributed by atoms with Crippen molar-refractivity contribution in [2.24, 2.45) is 5.73 Å². The van der Waals surface area contributed by atoms with Crippen molar-refractivity contribution in [1.29, 1.82) is 0 Å². The lowest BCUT2D eigenvalue weighted by molar-refractivity contribution is 0.439. The quantitative estimate of drug-likeness (QED) is 0.432. The van der Waals surface area contributed by atoms with Crippen LogP contribution in [-0.4, -0.2) is 9.97 Å². The molecule has 2 aromatic heterocycles. The summed E-state index contributed by atoms with van der Waals surface area (Å²) in [6.07, 6.45) is 8.34. The first-order chi connectivity index (χ1) is 14.8. The van der Waals surface area contributed by atoms with Gasteiger partial charge in [-0.05, 0) is 36.1 Å². The van der Waals surface area contributed by atoms with Crippen LogP contribution in [0.15, 0.2) is 72.9 Å². The van der Waals surface area contributed by atoms with Crippen LogP contribution in [0.4, 0.5) is 0 Å². The van der Waals surface area contributed by atoms with Crippen molar-refractivity contribution in [2.75, 3.05) is 0 Å². The molecule has 150 valence electrons. The van der Waals surface area contributed by atoms with Gasteiger partial charge in [-0.2, -0.15) is 0 Å². The van der Waals surface area contributed by atoms with Crippen molar-refractivity contribution >= 4 is 10.9 Å². The molecule has 1 saturated carbocycles. The van der Waals surface area contributed by atoms with Crippen molar-refractivity contribution in [3.05, 3.63) is 84.2 Å². The van der Waals surface area contributed by atoms with E-state index in [4.69, 9.17) is 15.7 Å². The van der Waals surface area contributed by atoms with Crippen LogP contribution in [0.3, 0.4) is 0 Å². The van der Waals surface area contributed by atoms with E-state index in [0.717, 1.165) is 27.9 Å². The standard InChI is InChI=1S/C27H27N3/c28-18-19-11-13-22(14-12-19)27-23(20-7-3-1-4-8-20)17-24-25(30-27)15-16-29-26(24)21-9-5-2-6-10-21/h1,3-4,7-8,11-17,21H,2,5-6,9-10,18,28H2. The van der Waals surface area contributed by atoms with Gasteiger partial charge < -0.3 is 5.73 Å². The number of hydrogen-bond acceptors (Lipinski definition) is 3. The van der Waals surface area contributed by atoms with E-state index in [1.54, 1.807) is 0 Å². The SMILES string of the molecule is NCc1ccc(-c2nc3ccnc(C4CCCCC4)c3cc2-c2ccccc2)cc1. The molecule has 0 bridgehead atoms. The van der Waals surface area contributed by atoms with E-state index in [1.807, 2.05) is 12.3 Å². The molecule has 0 amide bonds. The third-order valence-corrected chi connectivity index (χ3v) is 6.31. The lowest BCUT2D eigenvalue weighted by Gasteiger charge is -2.23. The molecule has 1 fully saturated rings. The Balaban J connectivity index is 1.72. The minimum atomic E-state index is 0.544. The Bertz CT molecular complexity index is 1140. The van der Waals surface area contributed by atoms with Gasteiger partial charge >= 0.3 is 0 Å². The van der Waals surface area contributed by atoms with Gasteiger partial charge in [-0.1, -0.05) is 73.9 Å². The van der Waals surface area contributed by atoms with Gasteiger partial charge in [0.2, 0.25) is 0 Å². The van der Waals surface area contributed by atoms with Crippen molar-refractivity contribution < 1.29 is 0 Å². The van der Waals surface area contributed by atoms with E-state index in [-0.39, 0.29) is 0 Å². The second-order valence-corrected chi connectivity index (χ2v) is 8.25. The van der Waals surface area contributed by atoms with Crippen LogP contribution in [0.25, 0.3) is 33.3 Å². The molecule has 0 aliphatic heterocycles. The third-order valence-electron chi connectivity index (χ3n) is 6.31. The molecular weight excluding hydrogens is 366 g/mol. The Kier molecular flexibility index (Phi) is 5.29. The average molecular weight is 394 g/mol. The second kappa shape index (κ2) is 8.37. The molecule has 4 aromatic rings. The Hall–Kier alpha value is -3.04. The van der Waals surface area contributed by atoms with Gasteiger partial charge in [0.1, 0.15) is 0 Å². The van der Waals surface area contributed by atoms with E-state index in [0.29, 0.717) is 12.5 Å². The highest BCUT2D eigenvalue weighted by molar-refractivity contribution is 5.92. The molecule has 1 aliphatic carbocycles. The van der Waals surface area contributed by atoms with Gasteiger partial charge in [-0.25, -0.2) is 4.98 Å². The number of nitrogens with zero attached hydrogens (tertiary/aromatic N) is 2. The number of aromatic nitrogens is 2. The summed E-state index contributed by atoms with van der Waals surface area (Å²) in [5.74, 6) is 0.544. The molecule has 0 unspecified atom stereocenters. The number of benzene rings is 2. The zero-order valence-corrected chi connectivity index (χ0v) is 17.2. The summed E-state index contributed by atoms with van der Waals surface area (Å²) in [6.45, 7) is 0.549. The molecule has 3 heteroatoms. The summed E-state index contributed by atoms with van der Waals surface area (Å²) < 4.78 is 0. The third kappa shape index (κ3) is 3.61. The molecule has 0 radical (unpaired) electrons. The number of hydrogen-bond donors (Lipinski definition) is 1. The maximum atomic E-state index is 5.80. The smallest absolute Gasteiger partial charge is 0.0788 e. The Morgan fingerprint density at radius 1 is 0.833 bits per heavy atom. The predicted molar refractivity (Wildman–Crippen MR) is 124 cm³/mol. The summed E-state index contributed by atoms with van der Waals surface area (Å²) in [7, 11) is 0. The monoisotopic (exact) mass is 393 g/mol. The van der Waals surface area contributed by atoms with Crippen LogP contribution in [-0.2, 0) is 6.54 Å². The molecule has 0 spiro atoms. The van der Waals surface area contributed by atoms with Crippen LogP contribution < -0.4 is 5.73 Å². The highest BCUT2D eigenvalue weighted by atomic mass is 14.7. The minimum Gasteiger partial charge on any atom is -0.326 e. The topological polar surface area (TPSA) is 51.8 Å². The van der Waals surface area contributed by atoms with Crippen molar-refractivity contribution in [2.45, 2.75) is 44.6 Å². The summed E-state index contributed by atoms with van der Waals surface area (Å²) in [5.41, 5.74) is 13.7. The Labute approximate surface area is 178 Å². The predicted octanol–water partition coefficient (Wildman–Crippen LogP) is 6.47. The van der Waals surface area contributed by atoms with Crippen LogP contribution >= 0.6 is 0 Å². The Morgan fingerprint density at radius 3 is 2.33 bits per heavy atom. The maximum Gasteiger partial charge on any atom is 0.0788 e. The molecule has 30 heavy (non-hydrogen) atoms. The fourth-order valence-corrected chi connectivity index (χ4v) is 4.68. The van der Waals surface area contributed by atoms with Crippen LogP contribution in [0.5, 0.6) is 0 Å². The van der Waals surface area contributed by atoms with Gasteiger partial charge in [0.05, 0.1) is 16.9 Å². The van der Waals surface area contributed by atoms with Crippen molar-refractivity contribution in [3.8, 4) is 22.4 Å². The lowest BCUT2D eigenvalue weighted by atomic mass is 9.85. The van der Waals surface area contributed by atoms with E-state index >= 15 is 0 Å². The van der Waals surface area contributed by atoms with Gasteiger partial charge in [0.25, 0.3) is 0 Å². The first-order valence-electron chi connectivity index (χ1n) is 11.0. The van der Waals surface area contributed by atoms with Gasteiger partial charge in [0, 0.05) is 35.2 Å². The first-order valence-corrected chi connectivity index (χ1v) is 11.0. The summed E-state index contributed by atoms with van der Waals surface area (Å²) in [6, 6.07) is 23.4. The molecule has 5 rings (SSSR count). The lowest BCUT2D eigenvalue weighted by Crippen LogP contribution is -2.07. The van der Waals surface area contributed by atoms with Gasteiger partial charge in [-0.15, -0.1) is 0 Å². The number of fused-ring (bicyclic) bond motifs is 1. The fraction of sp³-hybridized carbons (Fsp3) is 0.259. The molecule has 2 N–H and O–H groups in total. The van der Waals surface area contributed by atoms with Gasteiger partial charge in [-0.3, -0.25) is 4.98 Å². The molecule has 0 saturated heterocycles. The second-order valence-electron chi connectivity index (χ2n) is 8.25.